The number of benzene rings is 1. The Kier molecular flexibility index (Phi) is 8.53. The highest BCUT2D eigenvalue weighted by molar-refractivity contribution is 6.33. The fraction of sp³-hybridized carbons (Fsp3) is 0.400. The van der Waals surface area contributed by atoms with Crippen molar-refractivity contribution in [3.8, 4) is 0 Å². The third-order valence-electron chi connectivity index (χ3n) is 4.52. The molecule has 0 spiro atoms. The third kappa shape index (κ3) is 5.52. The number of hydrogen-bond acceptors (Lipinski definition) is 6. The van der Waals surface area contributed by atoms with Crippen LogP contribution in [0.5, 0.6) is 0 Å². The Labute approximate surface area is 186 Å². The number of hydrogen-bond donors (Lipinski definition) is 2. The van der Waals surface area contributed by atoms with E-state index in [9.17, 15) is 28.0 Å². The number of unbranched alkanes of at least 4 members (excludes halogenated alkanes) is 1. The number of halogens is 3. The van der Waals surface area contributed by atoms with Crippen LogP contribution in [0.15, 0.2) is 21.7 Å². The number of nitrogens with zero attached hydrogens (tertiary/aromatic N) is 2. The zero-order valence-corrected chi connectivity index (χ0v) is 18.3. The van der Waals surface area contributed by atoms with Crippen molar-refractivity contribution in [2.24, 2.45) is 0 Å². The van der Waals surface area contributed by atoms with Gasteiger partial charge in [-0.3, -0.25) is 19.1 Å². The van der Waals surface area contributed by atoms with Gasteiger partial charge in [0.25, 0.3) is 11.5 Å². The van der Waals surface area contributed by atoms with Gasteiger partial charge in [-0.25, -0.2) is 18.4 Å². The van der Waals surface area contributed by atoms with E-state index in [-0.39, 0.29) is 24.6 Å². The summed E-state index contributed by atoms with van der Waals surface area (Å²) in [6.07, 6.45) is 1.70. The number of esters is 1. The van der Waals surface area contributed by atoms with E-state index in [0.717, 1.165) is 9.47 Å². The maximum Gasteiger partial charge on any atom is 0.340 e. The van der Waals surface area contributed by atoms with Gasteiger partial charge in [-0.15, -0.1) is 0 Å². The summed E-state index contributed by atoms with van der Waals surface area (Å²) in [6, 6.07) is 1.17. The molecule has 2 aromatic rings. The van der Waals surface area contributed by atoms with Crippen molar-refractivity contribution in [1.82, 2.24) is 9.55 Å². The van der Waals surface area contributed by atoms with Gasteiger partial charge >= 0.3 is 11.7 Å². The Balaban J connectivity index is 2.33. The van der Waals surface area contributed by atoms with Crippen molar-refractivity contribution in [3.05, 3.63) is 55.2 Å². The molecule has 3 N–H and O–H groups in total. The van der Waals surface area contributed by atoms with Gasteiger partial charge in [0, 0.05) is 13.1 Å². The number of anilines is 2. The molecule has 32 heavy (non-hydrogen) atoms. The number of nitrogens with two attached hydrogens (primary N) is 1. The molecule has 12 heteroatoms. The number of amides is 1. The summed E-state index contributed by atoms with van der Waals surface area (Å²) in [6.45, 7) is 3.12. The summed E-state index contributed by atoms with van der Waals surface area (Å²) in [5.41, 5.74) is 3.75. The highest BCUT2D eigenvalue weighted by Gasteiger charge is 2.25. The standard InChI is InChI=1S/C20H23ClF2N4O5/c1-3-5-7-26(16-17(24)27(6-4-2)20(31)25-18(16)29)15(28)10-32-19(30)11-8-13(22)14(23)9-12(11)21/h8-9H,3-7,10,24H2,1-2H3,(H,25,29,31). The second-order valence-electron chi connectivity index (χ2n) is 6.87. The van der Waals surface area contributed by atoms with Crippen LogP contribution in [0.2, 0.25) is 5.02 Å². The minimum Gasteiger partial charge on any atom is -0.452 e. The van der Waals surface area contributed by atoms with Gasteiger partial charge in [0.15, 0.2) is 23.9 Å². The van der Waals surface area contributed by atoms with Gasteiger partial charge in [-0.05, 0) is 25.0 Å². The Morgan fingerprint density at radius 1 is 1.19 bits per heavy atom. The summed E-state index contributed by atoms with van der Waals surface area (Å²) in [7, 11) is 0. The van der Waals surface area contributed by atoms with E-state index >= 15 is 0 Å². The summed E-state index contributed by atoms with van der Waals surface area (Å²) in [5.74, 6) is -4.71. The lowest BCUT2D eigenvalue weighted by atomic mass is 10.2. The van der Waals surface area contributed by atoms with Gasteiger partial charge in [-0.2, -0.15) is 0 Å². The van der Waals surface area contributed by atoms with Crippen molar-refractivity contribution in [3.63, 3.8) is 0 Å². The van der Waals surface area contributed by atoms with Gasteiger partial charge in [0.2, 0.25) is 0 Å². The molecule has 0 fully saturated rings. The highest BCUT2D eigenvalue weighted by Crippen LogP contribution is 2.22. The summed E-state index contributed by atoms with van der Waals surface area (Å²) in [4.78, 5) is 52.7. The van der Waals surface area contributed by atoms with Crippen LogP contribution in [0.1, 0.15) is 43.5 Å². The summed E-state index contributed by atoms with van der Waals surface area (Å²) >= 11 is 5.74. The van der Waals surface area contributed by atoms with Gasteiger partial charge in [0.1, 0.15) is 5.82 Å². The van der Waals surface area contributed by atoms with Crippen molar-refractivity contribution in [1.29, 1.82) is 0 Å². The molecule has 1 aromatic carbocycles. The molecule has 2 rings (SSSR count). The SMILES string of the molecule is CCCCN(C(=O)COC(=O)c1cc(F)c(F)cc1Cl)c1c(N)n(CCC)c(=O)[nH]c1=O. The van der Waals surface area contributed by atoms with Crippen molar-refractivity contribution in [2.75, 3.05) is 23.8 Å². The maximum absolute atomic E-state index is 13.4. The van der Waals surface area contributed by atoms with Crippen LogP contribution < -0.4 is 21.9 Å². The van der Waals surface area contributed by atoms with Crippen LogP contribution in [0.4, 0.5) is 20.3 Å². The predicted molar refractivity (Wildman–Crippen MR) is 115 cm³/mol. The van der Waals surface area contributed by atoms with Crippen molar-refractivity contribution < 1.29 is 23.1 Å². The minimum atomic E-state index is -1.31. The average molecular weight is 473 g/mol. The smallest absolute Gasteiger partial charge is 0.340 e. The first kappa shape index (κ1) is 25.1. The lowest BCUT2D eigenvalue weighted by molar-refractivity contribution is -0.121. The van der Waals surface area contributed by atoms with Crippen LogP contribution >= 0.6 is 11.6 Å². The Morgan fingerprint density at radius 2 is 1.84 bits per heavy atom. The zero-order chi connectivity index (χ0) is 24.0. The first-order chi connectivity index (χ1) is 15.1. The second-order valence-corrected chi connectivity index (χ2v) is 7.27. The van der Waals surface area contributed by atoms with Crippen LogP contribution in [-0.2, 0) is 16.1 Å². The number of nitrogen functional groups attached to an aromatic ring is 1. The molecule has 0 saturated heterocycles. The fourth-order valence-electron chi connectivity index (χ4n) is 2.92. The molecule has 0 aliphatic heterocycles. The topological polar surface area (TPSA) is 127 Å². The van der Waals surface area contributed by atoms with Crippen LogP contribution in [0.3, 0.4) is 0 Å². The van der Waals surface area contributed by atoms with Crippen molar-refractivity contribution >= 4 is 35.0 Å². The second kappa shape index (κ2) is 10.9. The summed E-state index contributed by atoms with van der Waals surface area (Å²) in [5, 5.41) is -0.392. The molecule has 0 aliphatic rings. The fourth-order valence-corrected chi connectivity index (χ4v) is 3.15. The van der Waals surface area contributed by atoms with E-state index in [0.29, 0.717) is 31.4 Å². The van der Waals surface area contributed by atoms with Gasteiger partial charge < -0.3 is 15.4 Å². The third-order valence-corrected chi connectivity index (χ3v) is 4.84. The number of carbonyl (C=O) groups is 2. The predicted octanol–water partition coefficient (Wildman–Crippen LogP) is 2.45. The first-order valence-electron chi connectivity index (χ1n) is 9.86. The van der Waals surface area contributed by atoms with Gasteiger partial charge in [0.05, 0.1) is 10.6 Å². The highest BCUT2D eigenvalue weighted by atomic mass is 35.5. The molecule has 0 unspecified atom stereocenters. The molecule has 0 aliphatic carbocycles. The van der Waals surface area contributed by atoms with E-state index in [1.54, 1.807) is 6.92 Å². The van der Waals surface area contributed by atoms with Crippen LogP contribution in [0, 0.1) is 11.6 Å². The zero-order valence-electron chi connectivity index (χ0n) is 17.5. The Hall–Kier alpha value is -3.21. The van der Waals surface area contributed by atoms with E-state index in [4.69, 9.17) is 22.1 Å². The summed E-state index contributed by atoms with van der Waals surface area (Å²) < 4.78 is 32.7. The molecule has 1 amide bonds. The molecule has 1 aromatic heterocycles. The van der Waals surface area contributed by atoms with Crippen LogP contribution in [-0.4, -0.2) is 34.6 Å². The molecular formula is C20H23ClF2N4O5. The normalized spacial score (nSPS) is 10.8. The number of ether oxygens (including phenoxy) is 1. The lowest BCUT2D eigenvalue weighted by Crippen LogP contribution is -2.43. The molecular weight excluding hydrogens is 450 g/mol. The van der Waals surface area contributed by atoms with E-state index in [2.05, 4.69) is 4.98 Å². The molecule has 0 radical (unpaired) electrons. The minimum absolute atomic E-state index is 0.0659. The van der Waals surface area contributed by atoms with E-state index in [1.165, 1.54) is 0 Å². The molecule has 0 bridgehead atoms. The lowest BCUT2D eigenvalue weighted by Gasteiger charge is -2.24. The first-order valence-corrected chi connectivity index (χ1v) is 10.2. The number of nitrogens with one attached hydrogen (secondary N) is 1. The largest absolute Gasteiger partial charge is 0.452 e. The molecule has 0 saturated carbocycles. The molecule has 1 heterocycles. The van der Waals surface area contributed by atoms with Gasteiger partial charge in [-0.1, -0.05) is 31.9 Å². The van der Waals surface area contributed by atoms with Crippen molar-refractivity contribution in [2.45, 2.75) is 39.7 Å². The number of rotatable bonds is 9. The number of H-pyrrole nitrogens is 1. The van der Waals surface area contributed by atoms with E-state index < -0.39 is 52.0 Å². The van der Waals surface area contributed by atoms with Crippen LogP contribution in [0.25, 0.3) is 0 Å². The Bertz CT molecular complexity index is 1130. The number of aromatic amines is 1. The number of aromatic nitrogens is 2. The van der Waals surface area contributed by atoms with E-state index in [1.807, 2.05) is 6.92 Å². The Morgan fingerprint density at radius 3 is 2.47 bits per heavy atom. The molecule has 9 nitrogen and oxygen atoms in total. The average Bonchev–Trinajstić information content (AvgIpc) is 2.73. The maximum atomic E-state index is 13.4. The quantitative estimate of drug-likeness (QED) is 0.426. The molecule has 174 valence electrons. The monoisotopic (exact) mass is 472 g/mol. The number of carbonyl (C=O) groups excluding carboxylic acids is 2. The molecule has 0 atom stereocenters.